The van der Waals surface area contributed by atoms with E-state index in [0.29, 0.717) is 19.0 Å². The first kappa shape index (κ1) is 19.8. The summed E-state index contributed by atoms with van der Waals surface area (Å²) in [6, 6.07) is 4.13. The van der Waals surface area contributed by atoms with Crippen molar-refractivity contribution in [2.75, 3.05) is 13.1 Å². The van der Waals surface area contributed by atoms with Crippen LogP contribution in [0.25, 0.3) is 0 Å². The summed E-state index contributed by atoms with van der Waals surface area (Å²) < 4.78 is 5.25. The van der Waals surface area contributed by atoms with Crippen LogP contribution in [0.5, 0.6) is 0 Å². The van der Waals surface area contributed by atoms with Gasteiger partial charge in [0.2, 0.25) is 5.91 Å². The number of rotatable bonds is 6. The van der Waals surface area contributed by atoms with Crippen molar-refractivity contribution in [3.05, 3.63) is 22.4 Å². The molecule has 1 aromatic heterocycles. The third-order valence-electron chi connectivity index (χ3n) is 4.40. The Balaban J connectivity index is 1.60. The molecule has 0 unspecified atom stereocenters. The Kier molecular flexibility index (Phi) is 7.29. The maximum Gasteiger partial charge on any atom is 0.407 e. The Bertz CT molecular complexity index is 544. The summed E-state index contributed by atoms with van der Waals surface area (Å²) in [5.41, 5.74) is -0.469. The van der Waals surface area contributed by atoms with Crippen molar-refractivity contribution in [3.63, 3.8) is 0 Å². The minimum Gasteiger partial charge on any atom is -0.444 e. The second kappa shape index (κ2) is 9.22. The molecule has 1 aliphatic rings. The number of carbonyl (C=O) groups is 2. The van der Waals surface area contributed by atoms with Gasteiger partial charge in [-0.15, -0.1) is 11.3 Å². The Morgan fingerprint density at radius 1 is 1.20 bits per heavy atom. The van der Waals surface area contributed by atoms with Gasteiger partial charge >= 0.3 is 6.09 Å². The highest BCUT2D eigenvalue weighted by Gasteiger charge is 2.26. The Morgan fingerprint density at radius 2 is 1.92 bits per heavy atom. The number of hydrogen-bond acceptors (Lipinski definition) is 4. The van der Waals surface area contributed by atoms with E-state index in [1.54, 1.807) is 11.3 Å². The molecule has 1 heterocycles. The molecule has 0 saturated heterocycles. The number of amides is 2. The predicted octanol–water partition coefficient (Wildman–Crippen LogP) is 3.74. The number of carbonyl (C=O) groups excluding carboxylic acids is 2. The van der Waals surface area contributed by atoms with Crippen LogP contribution < -0.4 is 10.6 Å². The van der Waals surface area contributed by atoms with Gasteiger partial charge in [0, 0.05) is 23.9 Å². The van der Waals surface area contributed by atoms with Gasteiger partial charge in [-0.3, -0.25) is 4.79 Å². The lowest BCUT2D eigenvalue weighted by Crippen LogP contribution is -2.38. The van der Waals surface area contributed by atoms with E-state index < -0.39 is 5.60 Å². The lowest BCUT2D eigenvalue weighted by Gasteiger charge is -2.28. The van der Waals surface area contributed by atoms with Gasteiger partial charge in [0.15, 0.2) is 0 Å². The first-order valence-electron chi connectivity index (χ1n) is 9.10. The molecule has 1 saturated carbocycles. The number of thiophene rings is 1. The second-order valence-electron chi connectivity index (χ2n) is 7.72. The highest BCUT2D eigenvalue weighted by atomic mass is 32.1. The van der Waals surface area contributed by atoms with E-state index in [4.69, 9.17) is 4.74 Å². The third-order valence-corrected chi connectivity index (χ3v) is 5.34. The van der Waals surface area contributed by atoms with Crippen molar-refractivity contribution in [2.24, 2.45) is 11.8 Å². The second-order valence-corrected chi connectivity index (χ2v) is 8.75. The van der Waals surface area contributed by atoms with Gasteiger partial charge < -0.3 is 15.4 Å². The van der Waals surface area contributed by atoms with Crippen molar-refractivity contribution < 1.29 is 14.3 Å². The quantitative estimate of drug-likeness (QED) is 0.806. The zero-order valence-corrected chi connectivity index (χ0v) is 16.3. The van der Waals surface area contributed by atoms with Gasteiger partial charge in [-0.25, -0.2) is 4.79 Å². The fourth-order valence-electron chi connectivity index (χ4n) is 3.08. The molecule has 2 rings (SSSR count). The molecule has 0 radical (unpaired) electrons. The van der Waals surface area contributed by atoms with Gasteiger partial charge in [-0.2, -0.15) is 0 Å². The first-order chi connectivity index (χ1) is 11.8. The van der Waals surface area contributed by atoms with Gasteiger partial charge in [0.25, 0.3) is 0 Å². The summed E-state index contributed by atoms with van der Waals surface area (Å²) in [6.07, 6.45) is 4.27. The molecule has 5 nitrogen and oxygen atoms in total. The molecular weight excluding hydrogens is 336 g/mol. The van der Waals surface area contributed by atoms with Crippen LogP contribution in [-0.4, -0.2) is 30.7 Å². The molecule has 6 heteroatoms. The average molecular weight is 367 g/mol. The molecule has 1 aromatic rings. The summed E-state index contributed by atoms with van der Waals surface area (Å²) in [4.78, 5) is 25.3. The summed E-state index contributed by atoms with van der Waals surface area (Å²) in [6.45, 7) is 6.90. The fourth-order valence-corrected chi connectivity index (χ4v) is 3.79. The lowest BCUT2D eigenvalue weighted by atomic mass is 9.81. The zero-order chi connectivity index (χ0) is 18.3. The smallest absolute Gasteiger partial charge is 0.407 e. The molecule has 0 aliphatic heterocycles. The van der Waals surface area contributed by atoms with Crippen molar-refractivity contribution in [1.29, 1.82) is 0 Å². The number of nitrogens with one attached hydrogen (secondary N) is 2. The largest absolute Gasteiger partial charge is 0.444 e. The van der Waals surface area contributed by atoms with Crippen LogP contribution >= 0.6 is 11.3 Å². The molecule has 0 atom stereocenters. The summed E-state index contributed by atoms with van der Waals surface area (Å²) in [7, 11) is 0. The average Bonchev–Trinajstić information content (AvgIpc) is 3.05. The van der Waals surface area contributed by atoms with E-state index >= 15 is 0 Å². The Hall–Kier alpha value is -1.56. The lowest BCUT2D eigenvalue weighted by molar-refractivity contribution is -0.126. The SMILES string of the molecule is CC(C)(C)OC(=O)NCC1CCC(C(=O)NCCc2cccs2)CC1. The van der Waals surface area contributed by atoms with Gasteiger partial charge in [0.1, 0.15) is 5.60 Å². The van der Waals surface area contributed by atoms with Crippen LogP contribution in [0.2, 0.25) is 0 Å². The first-order valence-corrected chi connectivity index (χ1v) is 9.98. The van der Waals surface area contributed by atoms with Crippen LogP contribution in [0.15, 0.2) is 17.5 Å². The van der Waals surface area contributed by atoms with Crippen LogP contribution in [-0.2, 0) is 16.0 Å². The number of alkyl carbamates (subject to hydrolysis) is 1. The molecule has 140 valence electrons. The highest BCUT2D eigenvalue weighted by molar-refractivity contribution is 7.09. The summed E-state index contributed by atoms with van der Waals surface area (Å²) in [5.74, 6) is 0.721. The minimum absolute atomic E-state index is 0.112. The number of hydrogen-bond donors (Lipinski definition) is 2. The fraction of sp³-hybridized carbons (Fsp3) is 0.684. The Labute approximate surface area is 154 Å². The van der Waals surface area contributed by atoms with E-state index in [-0.39, 0.29) is 17.9 Å². The van der Waals surface area contributed by atoms with E-state index in [2.05, 4.69) is 22.1 Å². The molecule has 1 aliphatic carbocycles. The molecule has 1 fully saturated rings. The Morgan fingerprint density at radius 3 is 2.52 bits per heavy atom. The predicted molar refractivity (Wildman–Crippen MR) is 101 cm³/mol. The number of ether oxygens (including phenoxy) is 1. The minimum atomic E-state index is -0.469. The summed E-state index contributed by atoms with van der Waals surface area (Å²) >= 11 is 1.73. The van der Waals surface area contributed by atoms with Gasteiger partial charge in [0.05, 0.1) is 0 Å². The monoisotopic (exact) mass is 366 g/mol. The van der Waals surface area contributed by atoms with Crippen LogP contribution in [0.3, 0.4) is 0 Å². The maximum atomic E-state index is 12.3. The molecule has 0 aromatic carbocycles. The van der Waals surface area contributed by atoms with Crippen molar-refractivity contribution in [3.8, 4) is 0 Å². The third kappa shape index (κ3) is 7.46. The topological polar surface area (TPSA) is 67.4 Å². The van der Waals surface area contributed by atoms with Crippen LogP contribution in [0, 0.1) is 11.8 Å². The molecule has 2 amide bonds. The maximum absolute atomic E-state index is 12.3. The van der Waals surface area contributed by atoms with E-state index in [0.717, 1.165) is 32.1 Å². The molecule has 2 N–H and O–H groups in total. The highest BCUT2D eigenvalue weighted by Crippen LogP contribution is 2.28. The molecular formula is C19H30N2O3S. The zero-order valence-electron chi connectivity index (χ0n) is 15.5. The van der Waals surface area contributed by atoms with Crippen LogP contribution in [0.1, 0.15) is 51.3 Å². The van der Waals surface area contributed by atoms with Crippen LogP contribution in [0.4, 0.5) is 4.79 Å². The normalized spacial score (nSPS) is 20.8. The van der Waals surface area contributed by atoms with Crippen molar-refractivity contribution in [1.82, 2.24) is 10.6 Å². The molecule has 0 spiro atoms. The van der Waals surface area contributed by atoms with E-state index in [9.17, 15) is 9.59 Å². The van der Waals surface area contributed by atoms with Gasteiger partial charge in [-0.1, -0.05) is 6.07 Å². The van der Waals surface area contributed by atoms with Crippen molar-refractivity contribution >= 4 is 23.3 Å². The van der Waals surface area contributed by atoms with Gasteiger partial charge in [-0.05, 0) is 70.2 Å². The van der Waals surface area contributed by atoms with Crippen molar-refractivity contribution in [2.45, 2.75) is 58.5 Å². The van der Waals surface area contributed by atoms with E-state index in [1.165, 1.54) is 4.88 Å². The molecule has 25 heavy (non-hydrogen) atoms. The summed E-state index contributed by atoms with van der Waals surface area (Å²) in [5, 5.41) is 7.96. The van der Waals surface area contributed by atoms with E-state index in [1.807, 2.05) is 26.8 Å². The standard InChI is InChI=1S/C19H30N2O3S/c1-19(2,3)24-18(23)21-13-14-6-8-15(9-7-14)17(22)20-11-10-16-5-4-12-25-16/h4-5,12,14-15H,6-11,13H2,1-3H3,(H,20,22)(H,21,23). The molecule has 0 bridgehead atoms.